The molecule has 0 spiro atoms. The zero-order valence-corrected chi connectivity index (χ0v) is 15.6. The number of fused-ring (bicyclic) bond motifs is 2. The third kappa shape index (κ3) is 2.65. The van der Waals surface area contributed by atoms with Gasteiger partial charge in [-0.05, 0) is 42.3 Å². The van der Waals surface area contributed by atoms with Crippen molar-refractivity contribution in [1.82, 2.24) is 9.55 Å². The van der Waals surface area contributed by atoms with Crippen molar-refractivity contribution in [3.8, 4) is 22.6 Å². The normalized spacial score (nSPS) is 14.4. The Bertz CT molecular complexity index is 1210. The van der Waals surface area contributed by atoms with Gasteiger partial charge in [-0.15, -0.1) is 0 Å². The molecule has 0 bridgehead atoms. The molecule has 2 aromatic heterocycles. The maximum absolute atomic E-state index is 10.1. The number of nitrogens with zero attached hydrogens (tertiary/aromatic N) is 2. The minimum absolute atomic E-state index is 0.281. The monoisotopic (exact) mass is 368 g/mol. The molecule has 0 saturated carbocycles. The first-order chi connectivity index (χ1) is 13.7. The molecule has 4 aromatic rings. The third-order valence-electron chi connectivity index (χ3n) is 5.23. The first-order valence-electron chi connectivity index (χ1n) is 9.47. The van der Waals surface area contributed by atoms with Crippen molar-refractivity contribution in [3.05, 3.63) is 83.9 Å². The van der Waals surface area contributed by atoms with Crippen molar-refractivity contribution in [3.63, 3.8) is 0 Å². The van der Waals surface area contributed by atoms with Crippen LogP contribution in [0, 0.1) is 0 Å². The molecule has 5 rings (SSSR count). The molecular weight excluding hydrogens is 348 g/mol. The van der Waals surface area contributed by atoms with Crippen LogP contribution in [0.25, 0.3) is 28.2 Å². The van der Waals surface area contributed by atoms with Gasteiger partial charge in [-0.2, -0.15) is 0 Å². The van der Waals surface area contributed by atoms with Crippen LogP contribution in [0.15, 0.2) is 72.8 Å². The lowest BCUT2D eigenvalue weighted by Crippen LogP contribution is -1.93. The Kier molecular flexibility index (Phi) is 3.90. The summed E-state index contributed by atoms with van der Waals surface area (Å²) in [6.07, 6.45) is 6.65. The van der Waals surface area contributed by atoms with Crippen molar-refractivity contribution < 1.29 is 9.84 Å². The third-order valence-corrected chi connectivity index (χ3v) is 5.23. The Morgan fingerprint density at radius 1 is 1.11 bits per heavy atom. The van der Waals surface area contributed by atoms with Gasteiger partial charge in [-0.1, -0.05) is 36.4 Å². The van der Waals surface area contributed by atoms with Crippen LogP contribution in [-0.2, 0) is 13.0 Å². The molecule has 0 amide bonds. The van der Waals surface area contributed by atoms with E-state index in [0.717, 1.165) is 51.3 Å². The number of benzene rings is 2. The van der Waals surface area contributed by atoms with Gasteiger partial charge in [0.15, 0.2) is 0 Å². The first-order valence-corrected chi connectivity index (χ1v) is 9.47. The van der Waals surface area contributed by atoms with Crippen molar-refractivity contribution in [1.29, 1.82) is 0 Å². The second-order valence-electron chi connectivity index (χ2n) is 6.94. The lowest BCUT2D eigenvalue weighted by atomic mass is 10.0. The van der Waals surface area contributed by atoms with Gasteiger partial charge in [0.05, 0.1) is 0 Å². The number of aromatic nitrogens is 2. The van der Waals surface area contributed by atoms with E-state index in [1.165, 1.54) is 0 Å². The summed E-state index contributed by atoms with van der Waals surface area (Å²) >= 11 is 0. The minimum atomic E-state index is 0.281. The van der Waals surface area contributed by atoms with Crippen LogP contribution < -0.4 is 4.74 Å². The van der Waals surface area contributed by atoms with Crippen LogP contribution in [-0.4, -0.2) is 14.7 Å². The van der Waals surface area contributed by atoms with Crippen LogP contribution in [0.1, 0.15) is 18.1 Å². The van der Waals surface area contributed by atoms with E-state index in [-0.39, 0.29) is 5.75 Å². The van der Waals surface area contributed by atoms with Gasteiger partial charge in [-0.25, -0.2) is 4.98 Å². The van der Waals surface area contributed by atoms with Gasteiger partial charge in [0.25, 0.3) is 0 Å². The van der Waals surface area contributed by atoms with Crippen LogP contribution in [0.3, 0.4) is 0 Å². The number of pyridine rings is 1. The Hall–Kier alpha value is -3.53. The number of phenols is 1. The first kappa shape index (κ1) is 16.6. The highest BCUT2D eigenvalue weighted by atomic mass is 16.5. The van der Waals surface area contributed by atoms with E-state index < -0.39 is 0 Å². The number of aromatic hydroxyl groups is 1. The fourth-order valence-corrected chi connectivity index (χ4v) is 3.89. The Balaban J connectivity index is 1.67. The minimum Gasteiger partial charge on any atom is -0.508 e. The summed E-state index contributed by atoms with van der Waals surface area (Å²) in [5, 5.41) is 11.2. The molecule has 4 heteroatoms. The molecule has 0 atom stereocenters. The molecule has 0 unspecified atom stereocenters. The quantitative estimate of drug-likeness (QED) is 0.526. The molecule has 4 nitrogen and oxygen atoms in total. The van der Waals surface area contributed by atoms with Crippen LogP contribution in [0.5, 0.6) is 11.5 Å². The number of phenolic OH excluding ortho intramolecular Hbond substituents is 1. The molecule has 0 radical (unpaired) electrons. The van der Waals surface area contributed by atoms with Crippen LogP contribution >= 0.6 is 0 Å². The Morgan fingerprint density at radius 3 is 2.75 bits per heavy atom. The fraction of sp³-hybridized carbons (Fsp3) is 0.125. The van der Waals surface area contributed by atoms with E-state index in [9.17, 15) is 5.11 Å². The molecule has 0 saturated heterocycles. The molecule has 1 aliphatic heterocycles. The van der Waals surface area contributed by atoms with E-state index in [1.54, 1.807) is 12.1 Å². The molecule has 28 heavy (non-hydrogen) atoms. The summed E-state index contributed by atoms with van der Waals surface area (Å²) in [5.74, 6) is 1.84. The summed E-state index contributed by atoms with van der Waals surface area (Å²) in [4.78, 5) is 4.64. The fourth-order valence-electron chi connectivity index (χ4n) is 3.89. The van der Waals surface area contributed by atoms with Crippen molar-refractivity contribution in [2.75, 3.05) is 0 Å². The zero-order valence-electron chi connectivity index (χ0n) is 15.6. The summed E-state index contributed by atoms with van der Waals surface area (Å²) in [5.41, 5.74) is 5.20. The number of aryl methyl sites for hydroxylation is 1. The lowest BCUT2D eigenvalue weighted by Gasteiger charge is -2.06. The second kappa shape index (κ2) is 6.57. The van der Waals surface area contributed by atoms with Crippen LogP contribution in [0.2, 0.25) is 0 Å². The van der Waals surface area contributed by atoms with Gasteiger partial charge in [0.1, 0.15) is 22.9 Å². The number of allylic oxidation sites excluding steroid dienone is 1. The highest BCUT2D eigenvalue weighted by molar-refractivity contribution is 5.99. The standard InChI is InChI=1S/C24H20N2O2/c1-2-26-15-17(13-18-14-20-21(27)9-6-10-22(20)28-18)23-19(11-12-25-24(23)26)16-7-4-3-5-8-16/h3-13,15,27H,2,14H2,1H3. The summed E-state index contributed by atoms with van der Waals surface area (Å²) in [6.45, 7) is 2.96. The number of rotatable bonds is 3. The van der Waals surface area contributed by atoms with Gasteiger partial charge in [0, 0.05) is 41.9 Å². The van der Waals surface area contributed by atoms with E-state index in [4.69, 9.17) is 4.74 Å². The number of ether oxygens (including phenoxy) is 1. The van der Waals surface area contributed by atoms with Crippen molar-refractivity contribution in [2.24, 2.45) is 0 Å². The summed E-state index contributed by atoms with van der Waals surface area (Å²) < 4.78 is 8.16. The van der Waals surface area contributed by atoms with Crippen molar-refractivity contribution in [2.45, 2.75) is 19.9 Å². The highest BCUT2D eigenvalue weighted by Gasteiger charge is 2.22. The van der Waals surface area contributed by atoms with Crippen molar-refractivity contribution >= 4 is 17.1 Å². The summed E-state index contributed by atoms with van der Waals surface area (Å²) in [7, 11) is 0. The zero-order chi connectivity index (χ0) is 19.1. The molecular formula is C24H20N2O2. The lowest BCUT2D eigenvalue weighted by molar-refractivity contribution is 0.449. The molecule has 3 heterocycles. The second-order valence-corrected chi connectivity index (χ2v) is 6.94. The molecule has 1 N–H and O–H groups in total. The number of hydrogen-bond donors (Lipinski definition) is 1. The van der Waals surface area contributed by atoms with E-state index in [0.29, 0.717) is 6.42 Å². The Morgan fingerprint density at radius 2 is 1.96 bits per heavy atom. The molecule has 0 fully saturated rings. The SMILES string of the molecule is CCn1cc(C=C2Cc3c(O)cccc3O2)c2c(-c3ccccc3)ccnc21. The predicted octanol–water partition coefficient (Wildman–Crippen LogP) is 5.40. The molecule has 1 aliphatic rings. The molecule has 0 aliphatic carbocycles. The van der Waals surface area contributed by atoms with Gasteiger partial charge in [0.2, 0.25) is 0 Å². The number of hydrogen-bond acceptors (Lipinski definition) is 3. The maximum atomic E-state index is 10.1. The van der Waals surface area contributed by atoms with Gasteiger partial charge in [-0.3, -0.25) is 0 Å². The average Bonchev–Trinajstić information content (AvgIpc) is 3.31. The van der Waals surface area contributed by atoms with E-state index in [1.807, 2.05) is 18.3 Å². The van der Waals surface area contributed by atoms with E-state index in [2.05, 4.69) is 59.1 Å². The molecule has 2 aromatic carbocycles. The molecule has 138 valence electrons. The van der Waals surface area contributed by atoms with Crippen LogP contribution in [0.4, 0.5) is 0 Å². The topological polar surface area (TPSA) is 47.3 Å². The van der Waals surface area contributed by atoms with E-state index >= 15 is 0 Å². The van der Waals surface area contributed by atoms with Gasteiger partial charge >= 0.3 is 0 Å². The maximum Gasteiger partial charge on any atom is 0.141 e. The largest absolute Gasteiger partial charge is 0.508 e. The predicted molar refractivity (Wildman–Crippen MR) is 111 cm³/mol. The highest BCUT2D eigenvalue weighted by Crippen LogP contribution is 2.39. The average molecular weight is 368 g/mol. The van der Waals surface area contributed by atoms with Gasteiger partial charge < -0.3 is 14.4 Å². The Labute approximate surface area is 163 Å². The smallest absolute Gasteiger partial charge is 0.141 e. The summed E-state index contributed by atoms with van der Waals surface area (Å²) in [6, 6.07) is 17.8.